The van der Waals surface area contributed by atoms with Crippen molar-refractivity contribution in [1.29, 1.82) is 0 Å². The van der Waals surface area contributed by atoms with Gasteiger partial charge in [-0.15, -0.1) is 11.3 Å². The highest BCUT2D eigenvalue weighted by Crippen LogP contribution is 2.47. The summed E-state index contributed by atoms with van der Waals surface area (Å²) in [5, 5.41) is 9.18. The Kier molecular flexibility index (Phi) is 3.60. The van der Waals surface area contributed by atoms with Crippen LogP contribution in [0.1, 0.15) is 16.6 Å². The van der Waals surface area contributed by atoms with Crippen LogP contribution < -0.4 is 15.4 Å². The summed E-state index contributed by atoms with van der Waals surface area (Å²) >= 11 is 4.52. The zero-order valence-corrected chi connectivity index (χ0v) is 11.7. The van der Waals surface area contributed by atoms with E-state index in [-0.39, 0.29) is 6.04 Å². The second kappa shape index (κ2) is 4.83. The van der Waals surface area contributed by atoms with E-state index in [4.69, 9.17) is 10.5 Å². The molecule has 1 aliphatic rings. The fourth-order valence-corrected chi connectivity index (χ4v) is 3.46. The van der Waals surface area contributed by atoms with Gasteiger partial charge in [0, 0.05) is 12.6 Å². The van der Waals surface area contributed by atoms with Crippen molar-refractivity contribution in [1.82, 2.24) is 0 Å². The van der Waals surface area contributed by atoms with Crippen LogP contribution in [0.5, 0.6) is 5.75 Å². The van der Waals surface area contributed by atoms with Gasteiger partial charge in [-0.25, -0.2) is 4.79 Å². The number of hydrogen-bond donors (Lipinski definition) is 2. The topological polar surface area (TPSA) is 75.8 Å². The molecule has 0 unspecified atom stereocenters. The van der Waals surface area contributed by atoms with E-state index in [1.165, 1.54) is 11.3 Å². The number of fused-ring (bicyclic) bond motifs is 1. The van der Waals surface area contributed by atoms with Crippen LogP contribution in [0.25, 0.3) is 0 Å². The molecule has 0 saturated carbocycles. The maximum atomic E-state index is 11.2. The fourth-order valence-electron chi connectivity index (χ4n) is 1.84. The maximum Gasteiger partial charge on any atom is 0.348 e. The van der Waals surface area contributed by atoms with Crippen LogP contribution in [0.15, 0.2) is 3.79 Å². The number of carboxylic acid groups (broad SMARTS) is 1. The Hall–Kier alpha value is -0.790. The SMILES string of the molecule is C[C@H](N)CN1CCOc2c(Br)sc(C(=O)O)c21. The third-order valence-electron chi connectivity index (χ3n) is 2.43. The fraction of sp³-hybridized carbons (Fsp3) is 0.500. The second-order valence-electron chi connectivity index (χ2n) is 3.96. The molecule has 5 nitrogen and oxygen atoms in total. The molecule has 17 heavy (non-hydrogen) atoms. The first-order chi connectivity index (χ1) is 8.00. The smallest absolute Gasteiger partial charge is 0.348 e. The number of nitrogens with two attached hydrogens (primary N) is 1. The van der Waals surface area contributed by atoms with Crippen molar-refractivity contribution in [3.05, 3.63) is 8.66 Å². The predicted octanol–water partition coefficient (Wildman–Crippen LogP) is 1.75. The number of carbonyl (C=O) groups is 1. The monoisotopic (exact) mass is 320 g/mol. The van der Waals surface area contributed by atoms with Crippen molar-refractivity contribution in [2.45, 2.75) is 13.0 Å². The van der Waals surface area contributed by atoms with Gasteiger partial charge in [-0.2, -0.15) is 0 Å². The average Bonchev–Trinajstić information content (AvgIpc) is 2.57. The van der Waals surface area contributed by atoms with Gasteiger partial charge >= 0.3 is 5.97 Å². The minimum Gasteiger partial charge on any atom is -0.487 e. The summed E-state index contributed by atoms with van der Waals surface area (Å²) in [6.45, 7) is 3.74. The quantitative estimate of drug-likeness (QED) is 0.887. The van der Waals surface area contributed by atoms with Gasteiger partial charge < -0.3 is 20.5 Å². The third-order valence-corrected chi connectivity index (χ3v) is 4.21. The van der Waals surface area contributed by atoms with Gasteiger partial charge in [-0.3, -0.25) is 0 Å². The second-order valence-corrected chi connectivity index (χ2v) is 6.30. The summed E-state index contributed by atoms with van der Waals surface area (Å²) in [6, 6.07) is -0.0127. The number of anilines is 1. The van der Waals surface area contributed by atoms with Crippen LogP contribution in [-0.2, 0) is 0 Å². The summed E-state index contributed by atoms with van der Waals surface area (Å²) in [4.78, 5) is 13.5. The van der Waals surface area contributed by atoms with Crippen molar-refractivity contribution in [3.8, 4) is 5.75 Å². The van der Waals surface area contributed by atoms with Gasteiger partial charge in [0.2, 0.25) is 0 Å². The van der Waals surface area contributed by atoms with Gasteiger partial charge in [0.05, 0.1) is 6.54 Å². The number of hydrogen-bond acceptors (Lipinski definition) is 5. The van der Waals surface area contributed by atoms with Gasteiger partial charge in [0.15, 0.2) is 5.75 Å². The molecule has 94 valence electrons. The molecule has 1 aromatic heterocycles. The summed E-state index contributed by atoms with van der Waals surface area (Å²) in [6.07, 6.45) is 0. The minimum absolute atomic E-state index is 0.0127. The lowest BCUT2D eigenvalue weighted by Crippen LogP contribution is -2.40. The largest absolute Gasteiger partial charge is 0.487 e. The van der Waals surface area contributed by atoms with Crippen LogP contribution in [0.4, 0.5) is 5.69 Å². The van der Waals surface area contributed by atoms with Crippen molar-refractivity contribution in [2.24, 2.45) is 5.73 Å². The number of halogens is 1. The first kappa shape index (κ1) is 12.7. The van der Waals surface area contributed by atoms with Crippen molar-refractivity contribution in [2.75, 3.05) is 24.6 Å². The number of thiophene rings is 1. The van der Waals surface area contributed by atoms with E-state index in [0.717, 1.165) is 3.79 Å². The average molecular weight is 321 g/mol. The first-order valence-electron chi connectivity index (χ1n) is 5.19. The molecule has 3 N–H and O–H groups in total. The maximum absolute atomic E-state index is 11.2. The molecular formula is C10H13BrN2O3S. The van der Waals surface area contributed by atoms with Crippen molar-refractivity contribution in [3.63, 3.8) is 0 Å². The van der Waals surface area contributed by atoms with E-state index in [1.807, 2.05) is 11.8 Å². The normalized spacial score (nSPS) is 16.3. The van der Waals surface area contributed by atoms with Crippen molar-refractivity contribution >= 4 is 38.9 Å². The van der Waals surface area contributed by atoms with E-state index >= 15 is 0 Å². The van der Waals surface area contributed by atoms with Crippen LogP contribution in [0.2, 0.25) is 0 Å². The Morgan fingerprint density at radius 3 is 3.06 bits per heavy atom. The minimum atomic E-state index is -0.933. The molecule has 0 aliphatic carbocycles. The molecule has 0 amide bonds. The summed E-state index contributed by atoms with van der Waals surface area (Å²) in [7, 11) is 0. The van der Waals surface area contributed by atoms with E-state index in [9.17, 15) is 9.90 Å². The molecule has 0 aromatic carbocycles. The molecule has 2 heterocycles. The Morgan fingerprint density at radius 2 is 2.47 bits per heavy atom. The lowest BCUT2D eigenvalue weighted by Gasteiger charge is -2.31. The third kappa shape index (κ3) is 2.41. The van der Waals surface area contributed by atoms with E-state index in [0.29, 0.717) is 36.0 Å². The summed E-state index contributed by atoms with van der Waals surface area (Å²) < 4.78 is 6.24. The summed E-state index contributed by atoms with van der Waals surface area (Å²) in [5.74, 6) is -0.309. The molecular weight excluding hydrogens is 308 g/mol. The highest BCUT2D eigenvalue weighted by molar-refractivity contribution is 9.11. The summed E-state index contributed by atoms with van der Waals surface area (Å²) in [5.41, 5.74) is 6.43. The Morgan fingerprint density at radius 1 is 1.76 bits per heavy atom. The van der Waals surface area contributed by atoms with E-state index < -0.39 is 5.97 Å². The molecule has 1 aromatic rings. The van der Waals surface area contributed by atoms with Crippen LogP contribution >= 0.6 is 27.3 Å². The number of rotatable bonds is 3. The van der Waals surface area contributed by atoms with Crippen LogP contribution in [0.3, 0.4) is 0 Å². The molecule has 0 fully saturated rings. The lowest BCUT2D eigenvalue weighted by atomic mass is 10.2. The highest BCUT2D eigenvalue weighted by atomic mass is 79.9. The zero-order valence-electron chi connectivity index (χ0n) is 9.27. The van der Waals surface area contributed by atoms with Gasteiger partial charge in [-0.1, -0.05) is 0 Å². The number of carboxylic acids is 1. The standard InChI is InChI=1S/C10H13BrN2O3S/c1-5(12)4-13-2-3-16-7-6(13)8(10(14)15)17-9(7)11/h5H,2-4,12H2,1H3,(H,14,15)/t5-/m0/s1. The predicted molar refractivity (Wildman–Crippen MR) is 70.3 cm³/mol. The Balaban J connectivity index is 2.44. The van der Waals surface area contributed by atoms with E-state index in [1.54, 1.807) is 0 Å². The molecule has 1 atom stereocenters. The molecule has 0 saturated heterocycles. The molecule has 1 aliphatic heterocycles. The van der Waals surface area contributed by atoms with Gasteiger partial charge in [0.25, 0.3) is 0 Å². The Labute approximate surface area is 111 Å². The number of aromatic carboxylic acids is 1. The van der Waals surface area contributed by atoms with Crippen molar-refractivity contribution < 1.29 is 14.6 Å². The molecule has 0 bridgehead atoms. The first-order valence-corrected chi connectivity index (χ1v) is 6.80. The van der Waals surface area contributed by atoms with Crippen LogP contribution in [-0.4, -0.2) is 36.8 Å². The van der Waals surface area contributed by atoms with Gasteiger partial charge in [-0.05, 0) is 22.9 Å². The molecule has 7 heteroatoms. The van der Waals surface area contributed by atoms with E-state index in [2.05, 4.69) is 15.9 Å². The van der Waals surface area contributed by atoms with Crippen LogP contribution in [0, 0.1) is 0 Å². The molecule has 0 spiro atoms. The molecule has 2 rings (SSSR count). The number of ether oxygens (including phenoxy) is 1. The number of nitrogens with zero attached hydrogens (tertiary/aromatic N) is 1. The zero-order chi connectivity index (χ0) is 12.6. The Bertz CT molecular complexity index is 447. The lowest BCUT2D eigenvalue weighted by molar-refractivity contribution is 0.0702. The highest BCUT2D eigenvalue weighted by Gasteiger charge is 2.30. The van der Waals surface area contributed by atoms with Gasteiger partial charge in [0.1, 0.15) is 21.0 Å². The molecule has 0 radical (unpaired) electrons.